The van der Waals surface area contributed by atoms with Crippen molar-refractivity contribution in [1.29, 1.82) is 0 Å². The van der Waals surface area contributed by atoms with E-state index in [4.69, 9.17) is 10.5 Å². The van der Waals surface area contributed by atoms with Gasteiger partial charge in [-0.15, -0.1) is 0 Å². The van der Waals surface area contributed by atoms with E-state index in [0.717, 1.165) is 0 Å². The van der Waals surface area contributed by atoms with E-state index in [9.17, 15) is 4.79 Å². The van der Waals surface area contributed by atoms with Gasteiger partial charge in [-0.3, -0.25) is 4.79 Å². The third-order valence-electron chi connectivity index (χ3n) is 2.37. The van der Waals surface area contributed by atoms with Gasteiger partial charge in [0.1, 0.15) is 18.1 Å². The summed E-state index contributed by atoms with van der Waals surface area (Å²) in [7, 11) is 0. The average Bonchev–Trinajstić information content (AvgIpc) is 2.32. The van der Waals surface area contributed by atoms with E-state index in [1.165, 1.54) is 6.33 Å². The molecule has 1 amide bonds. The normalized spacial score (nSPS) is 12.7. The summed E-state index contributed by atoms with van der Waals surface area (Å²) in [6.45, 7) is 9.80. The van der Waals surface area contributed by atoms with Crippen molar-refractivity contribution in [3.05, 3.63) is 6.33 Å². The summed E-state index contributed by atoms with van der Waals surface area (Å²) in [5, 5.41) is 5.84. The monoisotopic (exact) mass is 281 g/mol. The first-order chi connectivity index (χ1) is 9.24. The maximum Gasteiger partial charge on any atom is 0.242 e. The molecule has 20 heavy (non-hydrogen) atoms. The molecule has 1 atom stereocenters. The molecule has 0 aliphatic heterocycles. The van der Waals surface area contributed by atoms with Gasteiger partial charge in [-0.25, -0.2) is 4.98 Å². The minimum absolute atomic E-state index is 0.131. The van der Waals surface area contributed by atoms with E-state index in [1.54, 1.807) is 6.92 Å². The second-order valence-electron chi connectivity index (χ2n) is 5.48. The summed E-state index contributed by atoms with van der Waals surface area (Å²) in [5.41, 5.74) is 5.91. The van der Waals surface area contributed by atoms with Crippen LogP contribution in [-0.2, 0) is 4.79 Å². The predicted molar refractivity (Wildman–Crippen MR) is 78.6 cm³/mol. The molecule has 0 bridgehead atoms. The number of ether oxygens (including phenoxy) is 1. The number of aromatic nitrogens is 2. The Labute approximate surface area is 119 Å². The van der Waals surface area contributed by atoms with Crippen LogP contribution in [0.3, 0.4) is 0 Å². The van der Waals surface area contributed by atoms with E-state index < -0.39 is 6.04 Å². The van der Waals surface area contributed by atoms with Crippen LogP contribution >= 0.6 is 0 Å². The number of hydrogen-bond donors (Lipinski definition) is 3. The highest BCUT2D eigenvalue weighted by Crippen LogP contribution is 2.24. The third-order valence-corrected chi connectivity index (χ3v) is 2.37. The van der Waals surface area contributed by atoms with Crippen LogP contribution in [0.2, 0.25) is 0 Å². The molecule has 7 heteroatoms. The molecule has 0 aromatic carbocycles. The predicted octanol–water partition coefficient (Wildman–Crippen LogP) is 1.17. The lowest BCUT2D eigenvalue weighted by Crippen LogP contribution is -2.47. The number of rotatable bonds is 5. The smallest absolute Gasteiger partial charge is 0.242 e. The summed E-state index contributed by atoms with van der Waals surface area (Å²) in [5.74, 6) is 0.571. The maximum absolute atomic E-state index is 12.0. The van der Waals surface area contributed by atoms with Crippen molar-refractivity contribution < 1.29 is 9.53 Å². The van der Waals surface area contributed by atoms with E-state index in [-0.39, 0.29) is 11.4 Å². The van der Waals surface area contributed by atoms with Gasteiger partial charge in [-0.2, -0.15) is 4.98 Å². The minimum atomic E-state index is -0.471. The molecule has 1 aromatic heterocycles. The number of nitrogens with two attached hydrogens (primary N) is 1. The Kier molecular flexibility index (Phi) is 5.12. The zero-order valence-electron chi connectivity index (χ0n) is 12.7. The van der Waals surface area contributed by atoms with Gasteiger partial charge >= 0.3 is 0 Å². The lowest BCUT2D eigenvalue weighted by atomic mass is 10.1. The molecule has 0 saturated carbocycles. The van der Waals surface area contributed by atoms with Gasteiger partial charge in [-0.1, -0.05) is 0 Å². The van der Waals surface area contributed by atoms with Crippen molar-refractivity contribution in [1.82, 2.24) is 15.3 Å². The largest absolute Gasteiger partial charge is 0.476 e. The number of amides is 1. The molecular formula is C13H23N5O2. The molecule has 1 unspecified atom stereocenters. The van der Waals surface area contributed by atoms with Gasteiger partial charge in [0, 0.05) is 5.54 Å². The van der Waals surface area contributed by atoms with Gasteiger partial charge in [0.05, 0.1) is 6.61 Å². The topological polar surface area (TPSA) is 102 Å². The van der Waals surface area contributed by atoms with E-state index in [0.29, 0.717) is 24.0 Å². The van der Waals surface area contributed by atoms with Crippen molar-refractivity contribution in [2.24, 2.45) is 0 Å². The van der Waals surface area contributed by atoms with Crippen LogP contribution in [0.15, 0.2) is 6.33 Å². The molecular weight excluding hydrogens is 258 g/mol. The van der Waals surface area contributed by atoms with Crippen LogP contribution in [-0.4, -0.2) is 34.1 Å². The first-order valence-corrected chi connectivity index (χ1v) is 6.56. The Morgan fingerprint density at radius 2 is 2.10 bits per heavy atom. The fraction of sp³-hybridized carbons (Fsp3) is 0.615. The standard InChI is InChI=1S/C13H23N5O2/c1-6-20-12-9(14)10(15-7-16-12)17-8(2)11(19)18-13(3,4)5/h7-8H,6,14H2,1-5H3,(H,18,19)(H,15,16,17). The molecule has 1 heterocycles. The first-order valence-electron chi connectivity index (χ1n) is 6.56. The van der Waals surface area contributed by atoms with Crippen LogP contribution in [0.5, 0.6) is 5.88 Å². The van der Waals surface area contributed by atoms with Gasteiger partial charge < -0.3 is 21.1 Å². The van der Waals surface area contributed by atoms with Gasteiger partial charge in [0.25, 0.3) is 0 Å². The number of carbonyl (C=O) groups excluding carboxylic acids is 1. The second-order valence-corrected chi connectivity index (χ2v) is 5.48. The zero-order valence-corrected chi connectivity index (χ0v) is 12.7. The molecule has 0 saturated heterocycles. The molecule has 0 aliphatic carbocycles. The van der Waals surface area contributed by atoms with Gasteiger partial charge in [0.15, 0.2) is 5.82 Å². The average molecular weight is 281 g/mol. The molecule has 0 spiro atoms. The Bertz CT molecular complexity index is 470. The van der Waals surface area contributed by atoms with Crippen molar-refractivity contribution in [3.63, 3.8) is 0 Å². The van der Waals surface area contributed by atoms with Crippen LogP contribution in [0.4, 0.5) is 11.5 Å². The highest BCUT2D eigenvalue weighted by molar-refractivity contribution is 5.85. The number of carbonyl (C=O) groups is 1. The summed E-state index contributed by atoms with van der Waals surface area (Å²) in [4.78, 5) is 20.0. The van der Waals surface area contributed by atoms with Crippen LogP contribution < -0.4 is 21.1 Å². The Morgan fingerprint density at radius 1 is 1.45 bits per heavy atom. The lowest BCUT2D eigenvalue weighted by Gasteiger charge is -2.24. The Balaban J connectivity index is 2.78. The molecule has 1 rings (SSSR count). The minimum Gasteiger partial charge on any atom is -0.476 e. The first kappa shape index (κ1) is 16.0. The highest BCUT2D eigenvalue weighted by Gasteiger charge is 2.20. The number of anilines is 2. The number of nitrogen functional groups attached to an aromatic ring is 1. The van der Waals surface area contributed by atoms with E-state index >= 15 is 0 Å². The van der Waals surface area contributed by atoms with E-state index in [1.807, 2.05) is 27.7 Å². The van der Waals surface area contributed by atoms with Gasteiger partial charge in [0.2, 0.25) is 11.8 Å². The van der Waals surface area contributed by atoms with Crippen molar-refractivity contribution >= 4 is 17.4 Å². The quantitative estimate of drug-likeness (QED) is 0.749. The van der Waals surface area contributed by atoms with E-state index in [2.05, 4.69) is 20.6 Å². The highest BCUT2D eigenvalue weighted by atomic mass is 16.5. The Morgan fingerprint density at radius 3 is 2.65 bits per heavy atom. The summed E-state index contributed by atoms with van der Waals surface area (Å²) in [6.07, 6.45) is 1.35. The molecule has 112 valence electrons. The molecule has 0 fully saturated rings. The van der Waals surface area contributed by atoms with Crippen molar-refractivity contribution in [3.8, 4) is 5.88 Å². The van der Waals surface area contributed by atoms with Crippen molar-refractivity contribution in [2.75, 3.05) is 17.7 Å². The van der Waals surface area contributed by atoms with Gasteiger partial charge in [-0.05, 0) is 34.6 Å². The molecule has 1 aromatic rings. The van der Waals surface area contributed by atoms with Crippen molar-refractivity contribution in [2.45, 2.75) is 46.2 Å². The lowest BCUT2D eigenvalue weighted by molar-refractivity contribution is -0.122. The van der Waals surface area contributed by atoms with Crippen LogP contribution in [0.1, 0.15) is 34.6 Å². The van der Waals surface area contributed by atoms with Crippen LogP contribution in [0.25, 0.3) is 0 Å². The molecule has 0 radical (unpaired) electrons. The fourth-order valence-corrected chi connectivity index (χ4v) is 1.49. The number of nitrogens with one attached hydrogen (secondary N) is 2. The number of nitrogens with zero attached hydrogens (tertiary/aromatic N) is 2. The number of hydrogen-bond acceptors (Lipinski definition) is 6. The molecule has 7 nitrogen and oxygen atoms in total. The zero-order chi connectivity index (χ0) is 15.3. The summed E-state index contributed by atoms with van der Waals surface area (Å²) < 4.78 is 5.28. The SMILES string of the molecule is CCOc1ncnc(NC(C)C(=O)NC(C)(C)C)c1N. The second kappa shape index (κ2) is 6.40. The van der Waals surface area contributed by atoms with Crippen LogP contribution in [0, 0.1) is 0 Å². The molecule has 4 N–H and O–H groups in total. The maximum atomic E-state index is 12.0. The molecule has 0 aliphatic rings. The fourth-order valence-electron chi connectivity index (χ4n) is 1.49. The summed E-state index contributed by atoms with van der Waals surface area (Å²) in [6, 6.07) is -0.471. The summed E-state index contributed by atoms with van der Waals surface area (Å²) >= 11 is 0. The Hall–Kier alpha value is -2.05. The third kappa shape index (κ3) is 4.56.